The van der Waals surface area contributed by atoms with Crippen LogP contribution in [0.4, 0.5) is 23.2 Å². The lowest BCUT2D eigenvalue weighted by Gasteiger charge is -2.18. The Bertz CT molecular complexity index is 882. The number of para-hydroxylation sites is 1. The van der Waals surface area contributed by atoms with Gasteiger partial charge in [-0.05, 0) is 23.8 Å². The smallest absolute Gasteiger partial charge is 0.344 e. The highest BCUT2D eigenvalue weighted by molar-refractivity contribution is 6.08. The van der Waals surface area contributed by atoms with Crippen molar-refractivity contribution in [3.8, 4) is 0 Å². The van der Waals surface area contributed by atoms with Gasteiger partial charge in [-0.3, -0.25) is 9.59 Å². The topological polar surface area (TPSA) is 49.4 Å². The van der Waals surface area contributed by atoms with Crippen molar-refractivity contribution in [3.05, 3.63) is 65.5 Å². The number of hydrogen-bond acceptors (Lipinski definition) is 2. The van der Waals surface area contributed by atoms with E-state index in [1.165, 1.54) is 42.3 Å². The zero-order valence-electron chi connectivity index (χ0n) is 14.3. The molecule has 0 aromatic heterocycles. The summed E-state index contributed by atoms with van der Waals surface area (Å²) in [5, 5.41) is 2.36. The number of halogens is 4. The van der Waals surface area contributed by atoms with Gasteiger partial charge in [0.25, 0.3) is 0 Å². The zero-order valence-corrected chi connectivity index (χ0v) is 14.3. The summed E-state index contributed by atoms with van der Waals surface area (Å²) >= 11 is 0. The fourth-order valence-corrected chi connectivity index (χ4v) is 3.21. The Morgan fingerprint density at radius 1 is 1.15 bits per heavy atom. The van der Waals surface area contributed by atoms with E-state index in [0.29, 0.717) is 0 Å². The van der Waals surface area contributed by atoms with Gasteiger partial charge in [0, 0.05) is 19.5 Å². The Morgan fingerprint density at radius 2 is 1.85 bits per heavy atom. The maximum Gasteiger partial charge on any atom is 0.416 e. The van der Waals surface area contributed by atoms with E-state index in [-0.39, 0.29) is 17.8 Å². The van der Waals surface area contributed by atoms with Crippen molar-refractivity contribution < 1.29 is 27.2 Å². The summed E-state index contributed by atoms with van der Waals surface area (Å²) < 4.78 is 52.8. The number of nitrogens with zero attached hydrogens (tertiary/aromatic N) is 1. The Labute approximate surface area is 152 Å². The number of rotatable bonds is 3. The van der Waals surface area contributed by atoms with Crippen LogP contribution in [0.15, 0.2) is 48.5 Å². The molecular formula is C19H16F4N2O2. The van der Waals surface area contributed by atoms with Gasteiger partial charge in [-0.2, -0.15) is 13.2 Å². The van der Waals surface area contributed by atoms with Gasteiger partial charge in [0.05, 0.1) is 11.3 Å². The molecule has 1 aliphatic heterocycles. The van der Waals surface area contributed by atoms with Crippen molar-refractivity contribution in [2.45, 2.75) is 12.1 Å². The Kier molecular flexibility index (Phi) is 4.91. The van der Waals surface area contributed by atoms with Crippen molar-refractivity contribution in [2.75, 3.05) is 18.9 Å². The third-order valence-electron chi connectivity index (χ3n) is 4.57. The molecule has 2 amide bonds. The minimum absolute atomic E-state index is 0.0901. The van der Waals surface area contributed by atoms with E-state index in [4.69, 9.17) is 0 Å². The van der Waals surface area contributed by atoms with Crippen LogP contribution in [0.2, 0.25) is 0 Å². The lowest BCUT2D eigenvalue weighted by Crippen LogP contribution is -2.33. The molecule has 0 bridgehead atoms. The lowest BCUT2D eigenvalue weighted by atomic mass is 9.87. The maximum atomic E-state index is 13.8. The van der Waals surface area contributed by atoms with Crippen LogP contribution in [0.3, 0.4) is 0 Å². The first kappa shape index (κ1) is 18.9. The minimum atomic E-state index is -4.53. The predicted octanol–water partition coefficient (Wildman–Crippen LogP) is 3.66. The molecule has 0 spiro atoms. The molecule has 1 fully saturated rings. The Hall–Kier alpha value is -2.90. The third kappa shape index (κ3) is 3.79. The highest BCUT2D eigenvalue weighted by atomic mass is 19.4. The van der Waals surface area contributed by atoms with E-state index in [0.717, 1.165) is 18.2 Å². The van der Waals surface area contributed by atoms with E-state index >= 15 is 0 Å². The number of nitrogens with one attached hydrogen (secondary N) is 1. The van der Waals surface area contributed by atoms with Crippen LogP contribution in [0.1, 0.15) is 17.0 Å². The predicted molar refractivity (Wildman–Crippen MR) is 90.3 cm³/mol. The van der Waals surface area contributed by atoms with Gasteiger partial charge in [-0.15, -0.1) is 0 Å². The molecule has 27 heavy (non-hydrogen) atoms. The molecule has 0 saturated carbocycles. The number of carbonyl (C=O) groups excluding carboxylic acids is 2. The fourth-order valence-electron chi connectivity index (χ4n) is 3.21. The summed E-state index contributed by atoms with van der Waals surface area (Å²) in [6.07, 6.45) is -4.53. The molecule has 1 N–H and O–H groups in total. The van der Waals surface area contributed by atoms with Crippen LogP contribution in [-0.4, -0.2) is 30.3 Å². The van der Waals surface area contributed by atoms with E-state index in [2.05, 4.69) is 5.32 Å². The third-order valence-corrected chi connectivity index (χ3v) is 4.57. The lowest BCUT2D eigenvalue weighted by molar-refractivity contribution is -0.137. The van der Waals surface area contributed by atoms with Gasteiger partial charge in [0.15, 0.2) is 0 Å². The Balaban J connectivity index is 1.92. The van der Waals surface area contributed by atoms with E-state index in [1.807, 2.05) is 0 Å². The van der Waals surface area contributed by atoms with Crippen molar-refractivity contribution in [3.63, 3.8) is 0 Å². The number of alkyl halides is 3. The monoisotopic (exact) mass is 380 g/mol. The Morgan fingerprint density at radius 3 is 2.52 bits per heavy atom. The highest BCUT2D eigenvalue weighted by Gasteiger charge is 2.45. The number of hydrogen-bond donors (Lipinski definition) is 1. The molecule has 142 valence electrons. The maximum absolute atomic E-state index is 13.8. The molecule has 0 unspecified atom stereocenters. The van der Waals surface area contributed by atoms with Crippen molar-refractivity contribution in [1.29, 1.82) is 0 Å². The molecule has 8 heteroatoms. The van der Waals surface area contributed by atoms with Crippen molar-refractivity contribution in [2.24, 2.45) is 5.92 Å². The first-order valence-corrected chi connectivity index (χ1v) is 8.16. The average Bonchev–Trinajstić information content (AvgIpc) is 2.91. The standard InChI is InChI=1S/C19H16F4N2O2/c1-25-10-13(11-5-4-6-12(9-11)19(21,22)23)16(18(25)27)17(26)24-15-8-3-2-7-14(15)20/h2-9,13,16H,10H2,1H3,(H,24,26)/t13-,16+/m1/s1. The molecule has 2 aromatic carbocycles. The molecule has 2 atom stereocenters. The molecule has 2 aromatic rings. The molecule has 1 saturated heterocycles. The van der Waals surface area contributed by atoms with Crippen LogP contribution in [0, 0.1) is 11.7 Å². The van der Waals surface area contributed by atoms with Gasteiger partial charge >= 0.3 is 6.18 Å². The second-order valence-corrected chi connectivity index (χ2v) is 6.40. The zero-order chi connectivity index (χ0) is 19.8. The molecule has 1 heterocycles. The van der Waals surface area contributed by atoms with Crippen molar-refractivity contribution in [1.82, 2.24) is 4.90 Å². The first-order chi connectivity index (χ1) is 12.7. The molecule has 1 aliphatic rings. The fraction of sp³-hybridized carbons (Fsp3) is 0.263. The number of likely N-dealkylation sites (N-methyl/N-ethyl adjacent to an activating group) is 1. The van der Waals surface area contributed by atoms with E-state index in [9.17, 15) is 27.2 Å². The quantitative estimate of drug-likeness (QED) is 0.653. The van der Waals surface area contributed by atoms with E-state index < -0.39 is 41.2 Å². The molecule has 0 radical (unpaired) electrons. The van der Waals surface area contributed by atoms with Gasteiger partial charge < -0.3 is 10.2 Å². The molecule has 3 rings (SSSR count). The second-order valence-electron chi connectivity index (χ2n) is 6.40. The van der Waals surface area contributed by atoms with Gasteiger partial charge in [0.2, 0.25) is 11.8 Å². The van der Waals surface area contributed by atoms with Crippen molar-refractivity contribution >= 4 is 17.5 Å². The van der Waals surface area contributed by atoms with Crippen LogP contribution in [0.25, 0.3) is 0 Å². The van der Waals surface area contributed by atoms with Gasteiger partial charge in [-0.1, -0.05) is 30.3 Å². The van der Waals surface area contributed by atoms with Gasteiger partial charge in [0.1, 0.15) is 11.7 Å². The minimum Gasteiger partial charge on any atom is -0.344 e. The summed E-state index contributed by atoms with van der Waals surface area (Å²) in [7, 11) is 1.47. The summed E-state index contributed by atoms with van der Waals surface area (Å²) in [5.41, 5.74) is -0.709. The van der Waals surface area contributed by atoms with Crippen LogP contribution in [-0.2, 0) is 15.8 Å². The summed E-state index contributed by atoms with van der Waals surface area (Å²) in [6.45, 7) is 0.0928. The number of amides is 2. The summed E-state index contributed by atoms with van der Waals surface area (Å²) in [6, 6.07) is 10.0. The number of likely N-dealkylation sites (tertiary alicyclic amines) is 1. The van der Waals surface area contributed by atoms with Crippen LogP contribution >= 0.6 is 0 Å². The average molecular weight is 380 g/mol. The number of carbonyl (C=O) groups is 2. The molecule has 0 aliphatic carbocycles. The molecule has 4 nitrogen and oxygen atoms in total. The first-order valence-electron chi connectivity index (χ1n) is 8.16. The highest BCUT2D eigenvalue weighted by Crippen LogP contribution is 2.37. The summed E-state index contributed by atoms with van der Waals surface area (Å²) in [5.74, 6) is -3.95. The van der Waals surface area contributed by atoms with Crippen LogP contribution < -0.4 is 5.32 Å². The summed E-state index contributed by atoms with van der Waals surface area (Å²) in [4.78, 5) is 26.4. The largest absolute Gasteiger partial charge is 0.416 e. The SMILES string of the molecule is CN1C[C@H](c2cccc(C(F)(F)F)c2)[C@@H](C(=O)Nc2ccccc2F)C1=O. The molecular weight excluding hydrogens is 364 g/mol. The van der Waals surface area contributed by atoms with Gasteiger partial charge in [-0.25, -0.2) is 4.39 Å². The second kappa shape index (κ2) is 7.02. The normalized spacial score (nSPS) is 20.0. The van der Waals surface area contributed by atoms with E-state index in [1.54, 1.807) is 0 Å². The number of anilines is 1. The van der Waals surface area contributed by atoms with Crippen LogP contribution in [0.5, 0.6) is 0 Å². The number of benzene rings is 2.